The molecule has 0 saturated carbocycles. The molecule has 1 heterocycles. The summed E-state index contributed by atoms with van der Waals surface area (Å²) in [4.78, 5) is 24.0. The van der Waals surface area contributed by atoms with Crippen LogP contribution in [0, 0.1) is 5.82 Å². The van der Waals surface area contributed by atoms with E-state index in [1.807, 2.05) is 0 Å². The molecule has 2 amide bonds. The van der Waals surface area contributed by atoms with Crippen molar-refractivity contribution >= 4 is 17.7 Å². The van der Waals surface area contributed by atoms with Crippen molar-refractivity contribution in [3.05, 3.63) is 24.0 Å². The maximum Gasteiger partial charge on any atom is 0.408 e. The van der Waals surface area contributed by atoms with E-state index in [4.69, 9.17) is 9.47 Å². The Morgan fingerprint density at radius 3 is 2.73 bits per heavy atom. The molecule has 7 heteroatoms. The summed E-state index contributed by atoms with van der Waals surface area (Å²) < 4.78 is 24.0. The fourth-order valence-electron chi connectivity index (χ4n) is 2.01. The Labute approximate surface area is 128 Å². The van der Waals surface area contributed by atoms with Gasteiger partial charge in [-0.3, -0.25) is 4.79 Å². The van der Waals surface area contributed by atoms with Crippen molar-refractivity contribution in [2.45, 2.75) is 45.4 Å². The molecule has 2 rings (SSSR count). The van der Waals surface area contributed by atoms with Crippen molar-refractivity contribution in [1.82, 2.24) is 5.32 Å². The van der Waals surface area contributed by atoms with Crippen LogP contribution in [0.1, 0.15) is 27.7 Å². The van der Waals surface area contributed by atoms with Gasteiger partial charge in [0.15, 0.2) is 0 Å². The molecule has 1 aliphatic rings. The topological polar surface area (TPSA) is 76.7 Å². The van der Waals surface area contributed by atoms with Gasteiger partial charge in [0.1, 0.15) is 29.3 Å². The van der Waals surface area contributed by atoms with Crippen molar-refractivity contribution in [3.63, 3.8) is 0 Å². The van der Waals surface area contributed by atoms with Crippen LogP contribution in [-0.2, 0) is 9.53 Å². The number of nitrogens with one attached hydrogen (secondary N) is 2. The molecule has 1 aliphatic heterocycles. The van der Waals surface area contributed by atoms with Crippen LogP contribution in [-0.4, -0.2) is 29.7 Å². The van der Waals surface area contributed by atoms with E-state index < -0.39 is 35.6 Å². The number of amides is 2. The smallest absolute Gasteiger partial charge is 0.408 e. The number of hydrogen-bond acceptors (Lipinski definition) is 4. The predicted molar refractivity (Wildman–Crippen MR) is 78.3 cm³/mol. The second-order valence-electron chi connectivity index (χ2n) is 6.08. The molecule has 1 aromatic rings. The molecule has 6 nitrogen and oxygen atoms in total. The molecule has 1 aromatic carbocycles. The Hall–Kier alpha value is -2.31. The minimum atomic E-state index is -0.953. The molecule has 0 aliphatic carbocycles. The van der Waals surface area contributed by atoms with Crippen molar-refractivity contribution in [3.8, 4) is 5.75 Å². The number of carbonyl (C=O) groups is 2. The minimum Gasteiger partial charge on any atom is -0.486 e. The van der Waals surface area contributed by atoms with Crippen LogP contribution in [0.15, 0.2) is 18.2 Å². The zero-order chi connectivity index (χ0) is 16.5. The number of fused-ring (bicyclic) bond motifs is 1. The first-order valence-electron chi connectivity index (χ1n) is 6.92. The van der Waals surface area contributed by atoms with E-state index in [2.05, 4.69) is 10.6 Å². The summed E-state index contributed by atoms with van der Waals surface area (Å²) in [6, 6.07) is 2.87. The van der Waals surface area contributed by atoms with Crippen LogP contribution < -0.4 is 15.4 Å². The summed E-state index contributed by atoms with van der Waals surface area (Å²) in [6.07, 6.45) is -1.36. The lowest BCUT2D eigenvalue weighted by Crippen LogP contribution is -2.51. The normalized spacial score (nSPS) is 21.0. The molecule has 0 saturated heterocycles. The lowest BCUT2D eigenvalue weighted by atomic mass is 10.1. The van der Waals surface area contributed by atoms with Crippen molar-refractivity contribution in [2.24, 2.45) is 0 Å². The molecule has 0 radical (unpaired) electrons. The van der Waals surface area contributed by atoms with Crippen LogP contribution in [0.3, 0.4) is 0 Å². The van der Waals surface area contributed by atoms with Gasteiger partial charge in [-0.25, -0.2) is 9.18 Å². The van der Waals surface area contributed by atoms with Crippen LogP contribution in [0.2, 0.25) is 0 Å². The fourth-order valence-corrected chi connectivity index (χ4v) is 2.01. The van der Waals surface area contributed by atoms with Gasteiger partial charge in [-0.2, -0.15) is 0 Å². The summed E-state index contributed by atoms with van der Waals surface area (Å²) in [7, 11) is 0. The zero-order valence-corrected chi connectivity index (χ0v) is 12.9. The largest absolute Gasteiger partial charge is 0.486 e. The molecule has 0 unspecified atom stereocenters. The highest BCUT2D eigenvalue weighted by molar-refractivity contribution is 5.98. The first-order chi connectivity index (χ1) is 10.2. The van der Waals surface area contributed by atoms with Gasteiger partial charge in [-0.05, 0) is 39.8 Å². The number of alkyl carbamates (subject to hydrolysis) is 1. The van der Waals surface area contributed by atoms with E-state index in [9.17, 15) is 14.0 Å². The van der Waals surface area contributed by atoms with Gasteiger partial charge in [0, 0.05) is 6.07 Å². The Morgan fingerprint density at radius 1 is 1.41 bits per heavy atom. The minimum absolute atomic E-state index is 0.227. The van der Waals surface area contributed by atoms with E-state index >= 15 is 0 Å². The second-order valence-corrected chi connectivity index (χ2v) is 6.08. The number of anilines is 1. The third kappa shape index (κ3) is 3.87. The number of hydrogen-bond donors (Lipinski definition) is 2. The third-order valence-corrected chi connectivity index (χ3v) is 2.94. The van der Waals surface area contributed by atoms with Crippen LogP contribution in [0.4, 0.5) is 14.9 Å². The highest BCUT2D eigenvalue weighted by Gasteiger charge is 2.33. The van der Waals surface area contributed by atoms with Crippen LogP contribution in [0.5, 0.6) is 5.75 Å². The zero-order valence-electron chi connectivity index (χ0n) is 12.9. The molecule has 0 spiro atoms. The Kier molecular flexibility index (Phi) is 4.25. The first kappa shape index (κ1) is 16.1. The molecule has 22 heavy (non-hydrogen) atoms. The highest BCUT2D eigenvalue weighted by atomic mass is 19.1. The van der Waals surface area contributed by atoms with Gasteiger partial charge in [-0.15, -0.1) is 0 Å². The SMILES string of the molecule is C[C@H]1Oc2ccc(F)cc2NC(=O)[C@H]1NC(=O)OC(C)(C)C. The maximum atomic E-state index is 13.2. The van der Waals surface area contributed by atoms with Crippen molar-refractivity contribution in [1.29, 1.82) is 0 Å². The molecular formula is C15H19FN2O4. The quantitative estimate of drug-likeness (QED) is 0.835. The average Bonchev–Trinajstić information content (AvgIpc) is 2.46. The van der Waals surface area contributed by atoms with Crippen LogP contribution in [0.25, 0.3) is 0 Å². The average molecular weight is 310 g/mol. The summed E-state index contributed by atoms with van der Waals surface area (Å²) in [6.45, 7) is 6.80. The maximum absolute atomic E-state index is 13.2. The molecule has 2 atom stereocenters. The number of rotatable bonds is 1. The Balaban J connectivity index is 2.15. The summed E-state index contributed by atoms with van der Waals surface area (Å²) in [5.41, 5.74) is -0.452. The van der Waals surface area contributed by atoms with E-state index in [0.717, 1.165) is 6.07 Å². The van der Waals surface area contributed by atoms with Crippen LogP contribution >= 0.6 is 0 Å². The molecular weight excluding hydrogens is 291 g/mol. The predicted octanol–water partition coefficient (Wildman–Crippen LogP) is 2.44. The van der Waals surface area contributed by atoms with Crippen molar-refractivity contribution in [2.75, 3.05) is 5.32 Å². The standard InChI is InChI=1S/C15H19FN2O4/c1-8-12(18-14(20)22-15(2,3)4)13(19)17-10-7-9(16)5-6-11(10)21-8/h5-8,12H,1-4H3,(H,17,19)(H,18,20)/t8-,12+/m1/s1. The van der Waals surface area contributed by atoms with E-state index in [1.54, 1.807) is 27.7 Å². The lowest BCUT2D eigenvalue weighted by Gasteiger charge is -2.24. The third-order valence-electron chi connectivity index (χ3n) is 2.94. The number of halogens is 1. The van der Waals surface area contributed by atoms with Gasteiger partial charge >= 0.3 is 6.09 Å². The van der Waals surface area contributed by atoms with E-state index in [0.29, 0.717) is 5.75 Å². The van der Waals surface area contributed by atoms with Gasteiger partial charge in [-0.1, -0.05) is 0 Å². The molecule has 0 fully saturated rings. The van der Waals surface area contributed by atoms with E-state index in [1.165, 1.54) is 12.1 Å². The van der Waals surface area contributed by atoms with Gasteiger partial charge in [0.25, 0.3) is 5.91 Å². The van der Waals surface area contributed by atoms with Crippen molar-refractivity contribution < 1.29 is 23.5 Å². The van der Waals surface area contributed by atoms with Gasteiger partial charge in [0.2, 0.25) is 0 Å². The highest BCUT2D eigenvalue weighted by Crippen LogP contribution is 2.29. The summed E-state index contributed by atoms with van der Waals surface area (Å²) >= 11 is 0. The lowest BCUT2D eigenvalue weighted by molar-refractivity contribution is -0.119. The summed E-state index contributed by atoms with van der Waals surface area (Å²) in [5, 5.41) is 5.01. The Morgan fingerprint density at radius 2 is 2.09 bits per heavy atom. The molecule has 0 bridgehead atoms. The molecule has 2 N–H and O–H groups in total. The number of benzene rings is 1. The second kappa shape index (κ2) is 5.82. The molecule has 0 aromatic heterocycles. The monoisotopic (exact) mass is 310 g/mol. The first-order valence-corrected chi connectivity index (χ1v) is 6.92. The fraction of sp³-hybridized carbons (Fsp3) is 0.467. The van der Waals surface area contributed by atoms with E-state index in [-0.39, 0.29) is 5.69 Å². The molecule has 120 valence electrons. The number of carbonyl (C=O) groups excluding carboxylic acids is 2. The van der Waals surface area contributed by atoms with Gasteiger partial charge < -0.3 is 20.1 Å². The van der Waals surface area contributed by atoms with Gasteiger partial charge in [0.05, 0.1) is 5.69 Å². The number of ether oxygens (including phenoxy) is 2. The summed E-state index contributed by atoms with van der Waals surface area (Å²) in [5.74, 6) is -0.646. The Bertz CT molecular complexity index is 598.